The molecular formula is C14H23N3. The minimum Gasteiger partial charge on any atom is -0.326 e. The molecule has 0 aliphatic carbocycles. The molecule has 0 spiro atoms. The summed E-state index contributed by atoms with van der Waals surface area (Å²) in [6.45, 7) is 8.63. The first-order valence-corrected chi connectivity index (χ1v) is 6.55. The molecule has 3 nitrogen and oxygen atoms in total. The Morgan fingerprint density at radius 2 is 2.29 bits per heavy atom. The van der Waals surface area contributed by atoms with Crippen molar-refractivity contribution in [3.63, 3.8) is 0 Å². The molecule has 0 saturated carbocycles. The average molecular weight is 233 g/mol. The summed E-state index contributed by atoms with van der Waals surface area (Å²) >= 11 is 0. The number of rotatable bonds is 4. The zero-order valence-corrected chi connectivity index (χ0v) is 10.9. The lowest BCUT2D eigenvalue weighted by Gasteiger charge is -2.17. The number of nitrogens with two attached hydrogens (primary N) is 1. The summed E-state index contributed by atoms with van der Waals surface area (Å²) in [6, 6.07) is 4.18. The van der Waals surface area contributed by atoms with Crippen molar-refractivity contribution in [2.24, 2.45) is 17.6 Å². The van der Waals surface area contributed by atoms with Gasteiger partial charge in [0, 0.05) is 25.8 Å². The van der Waals surface area contributed by atoms with Crippen molar-refractivity contribution in [2.75, 3.05) is 13.1 Å². The van der Waals surface area contributed by atoms with Gasteiger partial charge in [-0.2, -0.15) is 0 Å². The third-order valence-corrected chi connectivity index (χ3v) is 3.76. The Hall–Kier alpha value is -0.930. The van der Waals surface area contributed by atoms with Crippen LogP contribution in [-0.2, 0) is 13.1 Å². The van der Waals surface area contributed by atoms with Gasteiger partial charge in [-0.3, -0.25) is 9.88 Å². The smallest absolute Gasteiger partial charge is 0.0544 e. The van der Waals surface area contributed by atoms with Gasteiger partial charge in [-0.25, -0.2) is 0 Å². The molecule has 1 aliphatic rings. The fourth-order valence-electron chi connectivity index (χ4n) is 2.45. The zero-order chi connectivity index (χ0) is 12.3. The van der Waals surface area contributed by atoms with Crippen LogP contribution in [0.2, 0.25) is 0 Å². The van der Waals surface area contributed by atoms with E-state index in [1.54, 1.807) is 0 Å². The van der Waals surface area contributed by atoms with E-state index in [-0.39, 0.29) is 0 Å². The number of hydrogen-bond donors (Lipinski definition) is 1. The Labute approximate surface area is 104 Å². The second-order valence-electron chi connectivity index (χ2n) is 5.39. The van der Waals surface area contributed by atoms with Crippen LogP contribution in [0, 0.1) is 11.8 Å². The lowest BCUT2D eigenvalue weighted by molar-refractivity contribution is 0.294. The summed E-state index contributed by atoms with van der Waals surface area (Å²) in [5.74, 6) is 1.66. The molecule has 1 aromatic rings. The normalized spacial score (nSPS) is 21.3. The number of nitrogens with zero attached hydrogens (tertiary/aromatic N) is 2. The van der Waals surface area contributed by atoms with Gasteiger partial charge in [-0.05, 0) is 36.4 Å². The highest BCUT2D eigenvalue weighted by Gasteiger charge is 2.24. The van der Waals surface area contributed by atoms with Crippen LogP contribution in [0.3, 0.4) is 0 Å². The number of likely N-dealkylation sites (tertiary alicyclic amines) is 1. The van der Waals surface area contributed by atoms with Crippen molar-refractivity contribution in [1.82, 2.24) is 9.88 Å². The van der Waals surface area contributed by atoms with E-state index < -0.39 is 0 Å². The monoisotopic (exact) mass is 233 g/mol. The number of pyridine rings is 1. The van der Waals surface area contributed by atoms with Crippen LogP contribution < -0.4 is 5.73 Å². The molecule has 1 fully saturated rings. The summed E-state index contributed by atoms with van der Waals surface area (Å²) in [5, 5.41) is 0. The molecule has 1 unspecified atom stereocenters. The SMILES string of the molecule is CC(C)C1CCN(Cc2ccc(CN)cn2)C1. The molecule has 0 aromatic carbocycles. The third kappa shape index (κ3) is 3.27. The average Bonchev–Trinajstić information content (AvgIpc) is 2.79. The van der Waals surface area contributed by atoms with E-state index in [0.29, 0.717) is 6.54 Å². The van der Waals surface area contributed by atoms with Crippen LogP contribution in [0.15, 0.2) is 18.3 Å². The molecule has 17 heavy (non-hydrogen) atoms. The summed E-state index contributed by atoms with van der Waals surface area (Å²) in [5.41, 5.74) is 7.83. The Morgan fingerprint density at radius 1 is 1.47 bits per heavy atom. The lowest BCUT2D eigenvalue weighted by atomic mass is 9.95. The quantitative estimate of drug-likeness (QED) is 0.865. The summed E-state index contributed by atoms with van der Waals surface area (Å²) in [7, 11) is 0. The topological polar surface area (TPSA) is 42.1 Å². The molecule has 1 atom stereocenters. The van der Waals surface area contributed by atoms with Gasteiger partial charge in [-0.15, -0.1) is 0 Å². The van der Waals surface area contributed by atoms with Gasteiger partial charge in [0.25, 0.3) is 0 Å². The van der Waals surface area contributed by atoms with Gasteiger partial charge in [-0.1, -0.05) is 19.9 Å². The summed E-state index contributed by atoms with van der Waals surface area (Å²) < 4.78 is 0. The molecule has 0 amide bonds. The van der Waals surface area contributed by atoms with E-state index in [1.807, 2.05) is 6.20 Å². The van der Waals surface area contributed by atoms with E-state index in [0.717, 1.165) is 29.6 Å². The van der Waals surface area contributed by atoms with Crippen molar-refractivity contribution < 1.29 is 0 Å². The lowest BCUT2D eigenvalue weighted by Crippen LogP contribution is -2.22. The van der Waals surface area contributed by atoms with E-state index in [2.05, 4.69) is 35.9 Å². The second-order valence-corrected chi connectivity index (χ2v) is 5.39. The molecule has 94 valence electrons. The van der Waals surface area contributed by atoms with Crippen molar-refractivity contribution in [1.29, 1.82) is 0 Å². The molecule has 1 aromatic heterocycles. The first-order chi connectivity index (χ1) is 8.19. The van der Waals surface area contributed by atoms with Crippen molar-refractivity contribution in [3.05, 3.63) is 29.6 Å². The molecule has 2 rings (SSSR count). The molecule has 0 radical (unpaired) electrons. The first kappa shape index (κ1) is 12.5. The van der Waals surface area contributed by atoms with Crippen LogP contribution in [0.5, 0.6) is 0 Å². The Bertz CT molecular complexity index is 345. The van der Waals surface area contributed by atoms with Crippen molar-refractivity contribution in [2.45, 2.75) is 33.4 Å². The van der Waals surface area contributed by atoms with Gasteiger partial charge in [0.1, 0.15) is 0 Å². The van der Waals surface area contributed by atoms with Crippen molar-refractivity contribution >= 4 is 0 Å². The predicted octanol–water partition coefficient (Wildman–Crippen LogP) is 2.02. The summed E-state index contributed by atoms with van der Waals surface area (Å²) in [6.07, 6.45) is 3.23. The maximum atomic E-state index is 5.56. The third-order valence-electron chi connectivity index (χ3n) is 3.76. The maximum Gasteiger partial charge on any atom is 0.0544 e. The fraction of sp³-hybridized carbons (Fsp3) is 0.643. The molecule has 1 saturated heterocycles. The van der Waals surface area contributed by atoms with E-state index in [9.17, 15) is 0 Å². The highest BCUT2D eigenvalue weighted by atomic mass is 15.1. The van der Waals surface area contributed by atoms with Crippen molar-refractivity contribution in [3.8, 4) is 0 Å². The molecule has 1 aliphatic heterocycles. The van der Waals surface area contributed by atoms with E-state index >= 15 is 0 Å². The van der Waals surface area contributed by atoms with Crippen LogP contribution in [0.1, 0.15) is 31.5 Å². The van der Waals surface area contributed by atoms with E-state index in [1.165, 1.54) is 19.5 Å². The van der Waals surface area contributed by atoms with Crippen LogP contribution in [-0.4, -0.2) is 23.0 Å². The number of hydrogen-bond acceptors (Lipinski definition) is 3. The van der Waals surface area contributed by atoms with Crippen LogP contribution >= 0.6 is 0 Å². The predicted molar refractivity (Wildman–Crippen MR) is 70.4 cm³/mol. The standard InChI is InChI=1S/C14H23N3/c1-11(2)13-5-6-17(9-13)10-14-4-3-12(7-15)8-16-14/h3-4,8,11,13H,5-7,9-10,15H2,1-2H3. The maximum absolute atomic E-state index is 5.56. The Balaban J connectivity index is 1.89. The molecular weight excluding hydrogens is 210 g/mol. The highest BCUT2D eigenvalue weighted by Crippen LogP contribution is 2.24. The van der Waals surface area contributed by atoms with Gasteiger partial charge < -0.3 is 5.73 Å². The first-order valence-electron chi connectivity index (χ1n) is 6.55. The van der Waals surface area contributed by atoms with Crippen LogP contribution in [0.4, 0.5) is 0 Å². The zero-order valence-electron chi connectivity index (χ0n) is 10.9. The second kappa shape index (κ2) is 5.61. The van der Waals surface area contributed by atoms with Gasteiger partial charge in [0.2, 0.25) is 0 Å². The highest BCUT2D eigenvalue weighted by molar-refractivity contribution is 5.13. The fourth-order valence-corrected chi connectivity index (χ4v) is 2.45. The van der Waals surface area contributed by atoms with Gasteiger partial charge >= 0.3 is 0 Å². The van der Waals surface area contributed by atoms with Gasteiger partial charge in [0.05, 0.1) is 5.69 Å². The summed E-state index contributed by atoms with van der Waals surface area (Å²) in [4.78, 5) is 6.97. The molecule has 2 N–H and O–H groups in total. The van der Waals surface area contributed by atoms with Gasteiger partial charge in [0.15, 0.2) is 0 Å². The molecule has 3 heteroatoms. The molecule has 0 bridgehead atoms. The minimum absolute atomic E-state index is 0.576. The van der Waals surface area contributed by atoms with Crippen LogP contribution in [0.25, 0.3) is 0 Å². The minimum atomic E-state index is 0.576. The number of aromatic nitrogens is 1. The van der Waals surface area contributed by atoms with E-state index in [4.69, 9.17) is 5.73 Å². The molecule has 2 heterocycles. The Kier molecular flexibility index (Phi) is 4.13. The Morgan fingerprint density at radius 3 is 2.82 bits per heavy atom. The largest absolute Gasteiger partial charge is 0.326 e.